The van der Waals surface area contributed by atoms with Crippen molar-refractivity contribution in [2.75, 3.05) is 86.8 Å². The van der Waals surface area contributed by atoms with Crippen molar-refractivity contribution in [3.05, 3.63) is 0 Å². The first-order chi connectivity index (χ1) is 13.8. The minimum atomic E-state index is -3.20. The summed E-state index contributed by atoms with van der Waals surface area (Å²) in [6.45, 7) is 6.88. The number of ether oxygens (including phenoxy) is 3. The average molecular weight is 430 g/mol. The van der Waals surface area contributed by atoms with Gasteiger partial charge in [0.25, 0.3) is 0 Å². The zero-order valence-electron chi connectivity index (χ0n) is 18.7. The fourth-order valence-corrected chi connectivity index (χ4v) is 7.00. The van der Waals surface area contributed by atoms with E-state index in [2.05, 4.69) is 31.7 Å². The highest BCUT2D eigenvalue weighted by Gasteiger charge is 2.44. The van der Waals surface area contributed by atoms with E-state index < -0.39 is 7.67 Å². The third kappa shape index (κ3) is 6.28. The summed E-state index contributed by atoms with van der Waals surface area (Å²) in [7, 11) is 6.75. The standard InChI is InChI=1S/C17H37B2N4O5P/c1-20-4-6-22(7-5-20)29(24,23-9-15(12-25-3)28-17(19)11-23)26-13-14-8-21(2)10-16(18)27-14/h14-17H,4-13,18-19H2,1-3H3. The van der Waals surface area contributed by atoms with Gasteiger partial charge < -0.3 is 28.5 Å². The predicted molar refractivity (Wildman–Crippen MR) is 118 cm³/mol. The minimum Gasteiger partial charge on any atom is -0.382 e. The van der Waals surface area contributed by atoms with Crippen LogP contribution in [0.3, 0.4) is 0 Å². The van der Waals surface area contributed by atoms with E-state index in [4.69, 9.17) is 18.7 Å². The van der Waals surface area contributed by atoms with Crippen molar-refractivity contribution in [2.45, 2.75) is 24.2 Å². The van der Waals surface area contributed by atoms with Crippen LogP contribution in [-0.2, 0) is 23.3 Å². The van der Waals surface area contributed by atoms with Gasteiger partial charge in [0.2, 0.25) is 0 Å². The SMILES string of the molecule is BC1CN(C)CC(COP(=O)(N2CCN(C)CC2)N2CC(B)OC(COC)C2)O1. The van der Waals surface area contributed by atoms with Crippen LogP contribution in [0.1, 0.15) is 0 Å². The highest BCUT2D eigenvalue weighted by molar-refractivity contribution is 7.54. The molecule has 3 rings (SSSR count). The molecule has 166 valence electrons. The van der Waals surface area contributed by atoms with Crippen LogP contribution >= 0.6 is 7.67 Å². The Labute approximate surface area is 177 Å². The second-order valence-electron chi connectivity index (χ2n) is 8.73. The molecule has 0 spiro atoms. The number of piperazine rings is 1. The summed E-state index contributed by atoms with van der Waals surface area (Å²) in [6.07, 6.45) is -0.178. The van der Waals surface area contributed by atoms with E-state index in [0.717, 1.165) is 39.3 Å². The van der Waals surface area contributed by atoms with E-state index in [0.29, 0.717) is 26.3 Å². The molecule has 12 heteroatoms. The Morgan fingerprint density at radius 3 is 2.10 bits per heavy atom. The second kappa shape index (κ2) is 10.6. The number of likely N-dealkylation sites (N-methyl/N-ethyl adjacent to an activating group) is 2. The molecule has 0 aromatic rings. The minimum absolute atomic E-state index is 0.0228. The number of hydrogen-bond donors (Lipinski definition) is 0. The Hall–Kier alpha value is 0.0399. The largest absolute Gasteiger partial charge is 0.382 e. The second-order valence-corrected chi connectivity index (χ2v) is 11.1. The van der Waals surface area contributed by atoms with Gasteiger partial charge in [0.1, 0.15) is 15.7 Å². The quantitative estimate of drug-likeness (QED) is 0.336. The highest BCUT2D eigenvalue weighted by atomic mass is 31.2. The first-order valence-corrected chi connectivity index (χ1v) is 12.3. The normalized spacial score (nSPS) is 36.1. The highest BCUT2D eigenvalue weighted by Crippen LogP contribution is 2.55. The van der Waals surface area contributed by atoms with Crippen LogP contribution < -0.4 is 0 Å². The number of morpholine rings is 2. The molecule has 3 aliphatic rings. The molecule has 3 saturated heterocycles. The maximum Gasteiger partial charge on any atom is 0.346 e. The lowest BCUT2D eigenvalue weighted by Gasteiger charge is -2.46. The monoisotopic (exact) mass is 430 g/mol. The van der Waals surface area contributed by atoms with Gasteiger partial charge in [-0.2, -0.15) is 0 Å². The summed E-state index contributed by atoms with van der Waals surface area (Å²) in [4.78, 5) is 4.51. The van der Waals surface area contributed by atoms with Gasteiger partial charge in [-0.05, 0) is 14.1 Å². The van der Waals surface area contributed by atoms with Crippen molar-refractivity contribution < 1.29 is 23.3 Å². The summed E-state index contributed by atoms with van der Waals surface area (Å²) >= 11 is 0. The van der Waals surface area contributed by atoms with Gasteiger partial charge >= 0.3 is 7.67 Å². The molecular weight excluding hydrogens is 393 g/mol. The van der Waals surface area contributed by atoms with E-state index in [1.807, 2.05) is 17.2 Å². The first kappa shape index (κ1) is 23.7. The maximum atomic E-state index is 14.4. The van der Waals surface area contributed by atoms with Gasteiger partial charge in [0, 0.05) is 71.5 Å². The van der Waals surface area contributed by atoms with Gasteiger partial charge in [0.05, 0.1) is 25.4 Å². The molecule has 5 atom stereocenters. The molecule has 0 aromatic carbocycles. The van der Waals surface area contributed by atoms with E-state index in [1.54, 1.807) is 7.11 Å². The molecule has 0 aromatic heterocycles. The number of rotatable bonds is 7. The Kier molecular flexibility index (Phi) is 8.64. The van der Waals surface area contributed by atoms with Crippen LogP contribution in [0.5, 0.6) is 0 Å². The molecule has 3 aliphatic heterocycles. The lowest BCUT2D eigenvalue weighted by Crippen LogP contribution is -2.53. The van der Waals surface area contributed by atoms with Crippen molar-refractivity contribution in [1.29, 1.82) is 0 Å². The Morgan fingerprint density at radius 1 is 0.862 bits per heavy atom. The number of nitrogens with zero attached hydrogens (tertiary/aromatic N) is 4. The topological polar surface area (TPSA) is 67.0 Å². The Balaban J connectivity index is 1.73. The fraction of sp³-hybridized carbons (Fsp3) is 1.00. The van der Waals surface area contributed by atoms with E-state index >= 15 is 0 Å². The van der Waals surface area contributed by atoms with Gasteiger partial charge in [-0.1, -0.05) is 0 Å². The molecule has 0 saturated carbocycles. The van der Waals surface area contributed by atoms with Crippen molar-refractivity contribution in [3.8, 4) is 0 Å². The van der Waals surface area contributed by atoms with E-state index in [9.17, 15) is 4.57 Å². The molecule has 3 heterocycles. The molecular formula is C17H37B2N4O5P. The maximum absolute atomic E-state index is 14.4. The summed E-state index contributed by atoms with van der Waals surface area (Å²) < 4.78 is 42.1. The predicted octanol–water partition coefficient (Wildman–Crippen LogP) is -2.05. The van der Waals surface area contributed by atoms with Crippen LogP contribution in [0.4, 0.5) is 0 Å². The lowest BCUT2D eigenvalue weighted by atomic mass is 9.98. The molecule has 9 nitrogen and oxygen atoms in total. The van der Waals surface area contributed by atoms with Crippen molar-refractivity contribution in [1.82, 2.24) is 19.1 Å². The van der Waals surface area contributed by atoms with Gasteiger partial charge in [0.15, 0.2) is 0 Å². The summed E-state index contributed by atoms with van der Waals surface area (Å²) in [5.41, 5.74) is 0. The Morgan fingerprint density at radius 2 is 1.48 bits per heavy atom. The smallest absolute Gasteiger partial charge is 0.346 e. The van der Waals surface area contributed by atoms with Crippen molar-refractivity contribution in [2.24, 2.45) is 0 Å². The number of hydrogen-bond acceptors (Lipinski definition) is 7. The zero-order valence-corrected chi connectivity index (χ0v) is 19.6. The first-order valence-electron chi connectivity index (χ1n) is 10.7. The fourth-order valence-electron chi connectivity index (χ4n) is 4.44. The molecule has 0 N–H and O–H groups in total. The van der Waals surface area contributed by atoms with Gasteiger partial charge in [-0.3, -0.25) is 4.57 Å². The molecule has 0 aliphatic carbocycles. The summed E-state index contributed by atoms with van der Waals surface area (Å²) in [5, 5.41) is 0. The van der Waals surface area contributed by atoms with Crippen LogP contribution in [0.15, 0.2) is 0 Å². The Bertz CT molecular complexity index is 562. The van der Waals surface area contributed by atoms with Crippen LogP contribution in [0.2, 0.25) is 0 Å². The van der Waals surface area contributed by atoms with Crippen molar-refractivity contribution >= 4 is 23.4 Å². The molecule has 0 radical (unpaired) electrons. The third-order valence-corrected chi connectivity index (χ3v) is 8.43. The number of methoxy groups -OCH3 is 1. The van der Waals surface area contributed by atoms with Crippen LogP contribution in [0.25, 0.3) is 0 Å². The lowest BCUT2D eigenvalue weighted by molar-refractivity contribution is -0.0737. The van der Waals surface area contributed by atoms with Crippen LogP contribution in [0, 0.1) is 0 Å². The zero-order chi connectivity index (χ0) is 21.0. The summed E-state index contributed by atoms with van der Waals surface area (Å²) in [6, 6.07) is 0.130. The molecule has 0 bridgehead atoms. The van der Waals surface area contributed by atoms with E-state index in [1.165, 1.54) is 0 Å². The molecule has 5 unspecified atom stereocenters. The van der Waals surface area contributed by atoms with Gasteiger partial charge in [-0.25, -0.2) is 9.34 Å². The van der Waals surface area contributed by atoms with Gasteiger partial charge in [-0.15, -0.1) is 0 Å². The van der Waals surface area contributed by atoms with Crippen LogP contribution in [-0.4, -0.2) is 146 Å². The molecule has 3 fully saturated rings. The summed E-state index contributed by atoms with van der Waals surface area (Å²) in [5.74, 6) is 0. The average Bonchev–Trinajstić information content (AvgIpc) is 2.66. The van der Waals surface area contributed by atoms with E-state index in [-0.39, 0.29) is 24.2 Å². The molecule has 0 amide bonds. The van der Waals surface area contributed by atoms with Crippen molar-refractivity contribution in [3.63, 3.8) is 0 Å². The third-order valence-electron chi connectivity index (χ3n) is 5.79. The molecule has 29 heavy (non-hydrogen) atoms.